The second kappa shape index (κ2) is 6.84. The second-order valence-corrected chi connectivity index (χ2v) is 4.98. The van der Waals surface area contributed by atoms with Crippen LogP contribution >= 0.6 is 0 Å². The van der Waals surface area contributed by atoms with Gasteiger partial charge in [0.2, 0.25) is 0 Å². The molecule has 108 valence electrons. The van der Waals surface area contributed by atoms with Crippen molar-refractivity contribution < 1.29 is 14.3 Å². The van der Waals surface area contributed by atoms with Crippen LogP contribution in [0.25, 0.3) is 0 Å². The fourth-order valence-electron chi connectivity index (χ4n) is 2.42. The number of hydrogen-bond acceptors (Lipinski definition) is 3. The summed E-state index contributed by atoms with van der Waals surface area (Å²) >= 11 is 0. The Morgan fingerprint density at radius 1 is 1.00 bits per heavy atom. The van der Waals surface area contributed by atoms with Crippen LogP contribution in [0.5, 0.6) is 0 Å². The molecule has 2 aromatic rings. The molecule has 2 rings (SSSR count). The van der Waals surface area contributed by atoms with Crippen LogP contribution < -0.4 is 0 Å². The Balaban J connectivity index is 2.46. The summed E-state index contributed by atoms with van der Waals surface area (Å²) in [6.07, 6.45) is 0.816. The number of esters is 1. The zero-order chi connectivity index (χ0) is 15.2. The van der Waals surface area contributed by atoms with Gasteiger partial charge in [0.05, 0.1) is 18.9 Å². The Kier molecular flexibility index (Phi) is 4.88. The predicted octanol–water partition coefficient (Wildman–Crippen LogP) is 3.23. The Morgan fingerprint density at radius 2 is 1.62 bits per heavy atom. The van der Waals surface area contributed by atoms with E-state index in [1.165, 1.54) is 7.11 Å². The standard InChI is InChI=1S/C18H18O3/c1-13-8-10-15(11-9-13)17(18(20)21-2)16(12-19)14-6-4-3-5-7-14/h3-12,16-17H,1-2H3. The van der Waals surface area contributed by atoms with E-state index in [1.54, 1.807) is 0 Å². The lowest BCUT2D eigenvalue weighted by atomic mass is 9.82. The van der Waals surface area contributed by atoms with Crippen molar-refractivity contribution in [2.75, 3.05) is 7.11 Å². The maximum absolute atomic E-state index is 12.2. The number of rotatable bonds is 5. The van der Waals surface area contributed by atoms with Crippen molar-refractivity contribution in [1.29, 1.82) is 0 Å². The highest BCUT2D eigenvalue weighted by atomic mass is 16.5. The lowest BCUT2D eigenvalue weighted by Gasteiger charge is -2.21. The van der Waals surface area contributed by atoms with Gasteiger partial charge in [-0.25, -0.2) is 0 Å². The topological polar surface area (TPSA) is 43.4 Å². The van der Waals surface area contributed by atoms with Gasteiger partial charge in [0.1, 0.15) is 6.29 Å². The van der Waals surface area contributed by atoms with Gasteiger partial charge >= 0.3 is 5.97 Å². The van der Waals surface area contributed by atoms with Crippen LogP contribution in [0.3, 0.4) is 0 Å². The zero-order valence-corrected chi connectivity index (χ0v) is 12.2. The monoisotopic (exact) mass is 282 g/mol. The Morgan fingerprint density at radius 3 is 2.14 bits per heavy atom. The molecule has 0 amide bonds. The Bertz CT molecular complexity index is 602. The second-order valence-electron chi connectivity index (χ2n) is 4.98. The first kappa shape index (κ1) is 15.0. The van der Waals surface area contributed by atoms with E-state index >= 15 is 0 Å². The molecule has 0 aromatic heterocycles. The molecule has 0 N–H and O–H groups in total. The number of benzene rings is 2. The molecule has 0 saturated heterocycles. The smallest absolute Gasteiger partial charge is 0.314 e. The molecule has 0 radical (unpaired) electrons. The third-order valence-electron chi connectivity index (χ3n) is 3.58. The van der Waals surface area contributed by atoms with Gasteiger partial charge in [0.25, 0.3) is 0 Å². The predicted molar refractivity (Wildman–Crippen MR) is 81.2 cm³/mol. The summed E-state index contributed by atoms with van der Waals surface area (Å²) in [6.45, 7) is 1.98. The minimum Gasteiger partial charge on any atom is -0.469 e. The van der Waals surface area contributed by atoms with E-state index in [2.05, 4.69) is 0 Å². The fourth-order valence-corrected chi connectivity index (χ4v) is 2.42. The molecule has 2 unspecified atom stereocenters. The average Bonchev–Trinajstić information content (AvgIpc) is 2.54. The number of aryl methyl sites for hydroxylation is 1. The number of aldehydes is 1. The summed E-state index contributed by atoms with van der Waals surface area (Å²) < 4.78 is 4.90. The van der Waals surface area contributed by atoms with Crippen LogP contribution in [0.4, 0.5) is 0 Å². The molecule has 0 aliphatic carbocycles. The molecule has 0 spiro atoms. The molecule has 0 bridgehead atoms. The van der Waals surface area contributed by atoms with E-state index in [4.69, 9.17) is 4.74 Å². The first-order valence-electron chi connectivity index (χ1n) is 6.82. The molecule has 3 nitrogen and oxygen atoms in total. The lowest BCUT2D eigenvalue weighted by Crippen LogP contribution is -2.23. The van der Waals surface area contributed by atoms with Gasteiger partial charge in [-0.05, 0) is 18.1 Å². The van der Waals surface area contributed by atoms with E-state index in [9.17, 15) is 9.59 Å². The maximum atomic E-state index is 12.2. The van der Waals surface area contributed by atoms with E-state index < -0.39 is 17.8 Å². The van der Waals surface area contributed by atoms with Crippen LogP contribution in [0.2, 0.25) is 0 Å². The average molecular weight is 282 g/mol. The van der Waals surface area contributed by atoms with Crippen molar-refractivity contribution in [2.24, 2.45) is 0 Å². The number of hydrogen-bond donors (Lipinski definition) is 0. The summed E-state index contributed by atoms with van der Waals surface area (Å²) in [7, 11) is 1.34. The number of ether oxygens (including phenoxy) is 1. The van der Waals surface area contributed by atoms with Crippen molar-refractivity contribution in [3.63, 3.8) is 0 Å². The molecule has 2 aromatic carbocycles. The first-order chi connectivity index (χ1) is 10.2. The first-order valence-corrected chi connectivity index (χ1v) is 6.82. The van der Waals surface area contributed by atoms with Crippen molar-refractivity contribution in [3.8, 4) is 0 Å². The van der Waals surface area contributed by atoms with E-state index in [-0.39, 0.29) is 0 Å². The summed E-state index contributed by atoms with van der Waals surface area (Å²) in [5.74, 6) is -1.59. The van der Waals surface area contributed by atoms with Gasteiger partial charge in [-0.15, -0.1) is 0 Å². The molecule has 0 aliphatic heterocycles. The maximum Gasteiger partial charge on any atom is 0.314 e. The molecule has 0 aliphatic rings. The molecule has 0 saturated carbocycles. The minimum atomic E-state index is -0.629. The van der Waals surface area contributed by atoms with Crippen LogP contribution in [0.15, 0.2) is 54.6 Å². The van der Waals surface area contributed by atoms with Crippen molar-refractivity contribution >= 4 is 12.3 Å². The molecule has 3 heteroatoms. The van der Waals surface area contributed by atoms with Crippen molar-refractivity contribution in [3.05, 3.63) is 71.3 Å². The van der Waals surface area contributed by atoms with Crippen molar-refractivity contribution in [1.82, 2.24) is 0 Å². The quantitative estimate of drug-likeness (QED) is 0.624. The van der Waals surface area contributed by atoms with Gasteiger partial charge < -0.3 is 9.53 Å². The Labute approximate surface area is 124 Å². The van der Waals surface area contributed by atoms with Gasteiger partial charge in [0.15, 0.2) is 0 Å². The highest BCUT2D eigenvalue weighted by Crippen LogP contribution is 2.32. The molecule has 0 fully saturated rings. The molecule has 0 heterocycles. The number of methoxy groups -OCH3 is 1. The van der Waals surface area contributed by atoms with Gasteiger partial charge in [-0.1, -0.05) is 60.2 Å². The molecule has 21 heavy (non-hydrogen) atoms. The summed E-state index contributed by atoms with van der Waals surface area (Å²) in [6, 6.07) is 16.9. The fraction of sp³-hybridized carbons (Fsp3) is 0.222. The number of carbonyl (C=O) groups excluding carboxylic acids is 2. The van der Waals surface area contributed by atoms with Gasteiger partial charge in [0, 0.05) is 0 Å². The van der Waals surface area contributed by atoms with Crippen LogP contribution in [-0.2, 0) is 14.3 Å². The third-order valence-corrected chi connectivity index (χ3v) is 3.58. The van der Waals surface area contributed by atoms with E-state index in [0.29, 0.717) is 0 Å². The molecule has 2 atom stereocenters. The van der Waals surface area contributed by atoms with Gasteiger partial charge in [-0.2, -0.15) is 0 Å². The molecular formula is C18H18O3. The minimum absolute atomic E-state index is 0.403. The van der Waals surface area contributed by atoms with E-state index in [1.807, 2.05) is 61.5 Å². The van der Waals surface area contributed by atoms with Crippen LogP contribution in [0.1, 0.15) is 28.5 Å². The largest absolute Gasteiger partial charge is 0.469 e. The SMILES string of the molecule is COC(=O)C(c1ccc(C)cc1)C(C=O)c1ccccc1. The van der Waals surface area contributed by atoms with E-state index in [0.717, 1.165) is 23.0 Å². The third kappa shape index (κ3) is 3.37. The summed E-state index contributed by atoms with van der Waals surface area (Å²) in [5, 5.41) is 0. The molecular weight excluding hydrogens is 264 g/mol. The summed E-state index contributed by atoms with van der Waals surface area (Å²) in [5.41, 5.74) is 2.70. The van der Waals surface area contributed by atoms with Gasteiger partial charge in [-0.3, -0.25) is 4.79 Å². The van der Waals surface area contributed by atoms with Crippen LogP contribution in [-0.4, -0.2) is 19.4 Å². The number of carbonyl (C=O) groups is 2. The Hall–Kier alpha value is -2.42. The lowest BCUT2D eigenvalue weighted by molar-refractivity contribution is -0.143. The highest BCUT2D eigenvalue weighted by molar-refractivity contribution is 5.85. The van der Waals surface area contributed by atoms with Crippen LogP contribution in [0, 0.1) is 6.92 Å². The zero-order valence-electron chi connectivity index (χ0n) is 12.2. The highest BCUT2D eigenvalue weighted by Gasteiger charge is 2.31. The normalized spacial score (nSPS) is 13.2. The van der Waals surface area contributed by atoms with Crippen molar-refractivity contribution in [2.45, 2.75) is 18.8 Å². The summed E-state index contributed by atoms with van der Waals surface area (Å²) in [4.78, 5) is 23.8.